The highest BCUT2D eigenvalue weighted by molar-refractivity contribution is 5.97. The second kappa shape index (κ2) is 8.26. The van der Waals surface area contributed by atoms with E-state index in [-0.39, 0.29) is 18.4 Å². The Morgan fingerprint density at radius 2 is 1.83 bits per heavy atom. The van der Waals surface area contributed by atoms with Crippen LogP contribution in [-0.2, 0) is 4.79 Å². The van der Waals surface area contributed by atoms with Crippen molar-refractivity contribution in [2.24, 2.45) is 0 Å². The first-order valence-corrected chi connectivity index (χ1v) is 10.1. The molecule has 2 aromatic rings. The van der Waals surface area contributed by atoms with Crippen molar-refractivity contribution in [3.05, 3.63) is 53.6 Å². The normalized spacial score (nSPS) is 17.4. The van der Waals surface area contributed by atoms with Gasteiger partial charge in [-0.3, -0.25) is 9.59 Å². The Hall–Kier alpha value is -3.22. The Balaban J connectivity index is 1.35. The quantitative estimate of drug-likeness (QED) is 0.838. The van der Waals surface area contributed by atoms with Gasteiger partial charge in [0.05, 0.1) is 19.2 Å². The fourth-order valence-electron chi connectivity index (χ4n) is 3.87. The highest BCUT2D eigenvalue weighted by Crippen LogP contribution is 2.33. The van der Waals surface area contributed by atoms with Crippen LogP contribution in [0.2, 0.25) is 0 Å². The van der Waals surface area contributed by atoms with Crippen molar-refractivity contribution < 1.29 is 23.8 Å². The van der Waals surface area contributed by atoms with E-state index in [1.54, 1.807) is 36.3 Å². The summed E-state index contributed by atoms with van der Waals surface area (Å²) in [6.07, 6.45) is 1.30. The van der Waals surface area contributed by atoms with Crippen LogP contribution in [0.5, 0.6) is 17.2 Å². The lowest BCUT2D eigenvalue weighted by Crippen LogP contribution is -2.54. The van der Waals surface area contributed by atoms with Crippen LogP contribution in [0.1, 0.15) is 28.8 Å². The molecule has 0 aromatic heterocycles. The van der Waals surface area contributed by atoms with Crippen LogP contribution in [0, 0.1) is 6.92 Å². The minimum atomic E-state index is -0.496. The standard InChI is InChI=1S/C23H26N2O5/c1-16-3-8-20-19(13-16)22(27)24-15-23(30-20)9-11-25(12-10-23)21(26)14-29-18-6-4-17(28-2)5-7-18/h3-8,13H,9-12,14-15H2,1-2H3,(H,24,27). The highest BCUT2D eigenvalue weighted by Gasteiger charge is 2.41. The molecule has 1 saturated heterocycles. The van der Waals surface area contributed by atoms with Crippen LogP contribution >= 0.6 is 0 Å². The number of likely N-dealkylation sites (tertiary alicyclic amines) is 1. The number of carbonyl (C=O) groups excluding carboxylic acids is 2. The van der Waals surface area contributed by atoms with Crippen LogP contribution in [-0.4, -0.2) is 55.7 Å². The Bertz CT molecular complexity index is 933. The number of benzene rings is 2. The second-order valence-electron chi connectivity index (χ2n) is 7.81. The van der Waals surface area contributed by atoms with Gasteiger partial charge in [-0.05, 0) is 43.3 Å². The smallest absolute Gasteiger partial charge is 0.260 e. The molecule has 2 heterocycles. The van der Waals surface area contributed by atoms with Crippen molar-refractivity contribution in [3.63, 3.8) is 0 Å². The number of fused-ring (bicyclic) bond motifs is 1. The zero-order valence-corrected chi connectivity index (χ0v) is 17.3. The molecule has 1 fully saturated rings. The monoisotopic (exact) mass is 410 g/mol. The Morgan fingerprint density at radius 3 is 2.53 bits per heavy atom. The van der Waals surface area contributed by atoms with E-state index in [9.17, 15) is 9.59 Å². The predicted octanol–water partition coefficient (Wildman–Crippen LogP) is 2.57. The molecule has 0 atom stereocenters. The Labute approximate surface area is 175 Å². The maximum atomic E-state index is 12.6. The fourth-order valence-corrected chi connectivity index (χ4v) is 3.87. The van der Waals surface area contributed by atoms with Crippen LogP contribution in [0.15, 0.2) is 42.5 Å². The van der Waals surface area contributed by atoms with Crippen LogP contribution in [0.3, 0.4) is 0 Å². The number of rotatable bonds is 4. The fraction of sp³-hybridized carbons (Fsp3) is 0.391. The first-order valence-electron chi connectivity index (χ1n) is 10.1. The van der Waals surface area contributed by atoms with Gasteiger partial charge >= 0.3 is 0 Å². The van der Waals surface area contributed by atoms with Gasteiger partial charge in [0.15, 0.2) is 6.61 Å². The molecular formula is C23H26N2O5. The Morgan fingerprint density at radius 1 is 1.13 bits per heavy atom. The zero-order chi connectivity index (χ0) is 21.1. The molecule has 7 nitrogen and oxygen atoms in total. The minimum Gasteiger partial charge on any atom is -0.497 e. The average molecular weight is 410 g/mol. The summed E-state index contributed by atoms with van der Waals surface area (Å²) in [5.74, 6) is 1.80. The summed E-state index contributed by atoms with van der Waals surface area (Å²) < 4.78 is 17.1. The summed E-state index contributed by atoms with van der Waals surface area (Å²) in [5.41, 5.74) is 1.09. The number of nitrogens with zero attached hydrogens (tertiary/aromatic N) is 1. The van der Waals surface area contributed by atoms with Gasteiger partial charge in [-0.25, -0.2) is 0 Å². The third-order valence-electron chi connectivity index (χ3n) is 5.73. The molecule has 30 heavy (non-hydrogen) atoms. The van der Waals surface area contributed by atoms with E-state index < -0.39 is 5.60 Å². The van der Waals surface area contributed by atoms with Crippen molar-refractivity contribution in [1.29, 1.82) is 0 Å². The van der Waals surface area contributed by atoms with Gasteiger partial charge in [0.2, 0.25) is 0 Å². The van der Waals surface area contributed by atoms with Gasteiger partial charge in [0.25, 0.3) is 11.8 Å². The molecule has 0 aliphatic carbocycles. The third kappa shape index (κ3) is 4.20. The SMILES string of the molecule is COc1ccc(OCC(=O)N2CCC3(CC2)CNC(=O)c2cc(C)ccc2O3)cc1. The summed E-state index contributed by atoms with van der Waals surface area (Å²) in [7, 11) is 1.60. The number of methoxy groups -OCH3 is 1. The lowest BCUT2D eigenvalue weighted by Gasteiger charge is -2.41. The highest BCUT2D eigenvalue weighted by atomic mass is 16.5. The number of hydrogen-bond acceptors (Lipinski definition) is 5. The number of nitrogens with one attached hydrogen (secondary N) is 1. The Kier molecular flexibility index (Phi) is 5.53. The zero-order valence-electron chi connectivity index (χ0n) is 17.3. The molecule has 1 spiro atoms. The molecule has 7 heteroatoms. The first-order chi connectivity index (χ1) is 14.5. The van der Waals surface area contributed by atoms with Crippen molar-refractivity contribution in [3.8, 4) is 17.2 Å². The van der Waals surface area contributed by atoms with Crippen LogP contribution in [0.25, 0.3) is 0 Å². The molecule has 0 bridgehead atoms. The maximum Gasteiger partial charge on any atom is 0.260 e. The number of ether oxygens (including phenoxy) is 3. The maximum absolute atomic E-state index is 12.6. The van der Waals surface area contributed by atoms with Gasteiger partial charge in [-0.1, -0.05) is 11.6 Å². The summed E-state index contributed by atoms with van der Waals surface area (Å²) in [6.45, 7) is 3.49. The third-order valence-corrected chi connectivity index (χ3v) is 5.73. The van der Waals surface area contributed by atoms with E-state index in [0.717, 1.165) is 11.3 Å². The predicted molar refractivity (Wildman–Crippen MR) is 111 cm³/mol. The van der Waals surface area contributed by atoms with Crippen molar-refractivity contribution in [2.45, 2.75) is 25.4 Å². The van der Waals surface area contributed by atoms with Crippen molar-refractivity contribution in [1.82, 2.24) is 10.2 Å². The van der Waals surface area contributed by atoms with Gasteiger partial charge in [-0.15, -0.1) is 0 Å². The van der Waals surface area contributed by atoms with E-state index in [1.807, 2.05) is 25.1 Å². The van der Waals surface area contributed by atoms with Gasteiger partial charge < -0.3 is 24.4 Å². The largest absolute Gasteiger partial charge is 0.497 e. The summed E-state index contributed by atoms with van der Waals surface area (Å²) in [6, 6.07) is 12.8. The molecule has 4 rings (SSSR count). The molecule has 0 unspecified atom stereocenters. The molecule has 158 valence electrons. The van der Waals surface area contributed by atoms with E-state index in [2.05, 4.69) is 5.32 Å². The molecule has 2 amide bonds. The van der Waals surface area contributed by atoms with E-state index in [4.69, 9.17) is 14.2 Å². The average Bonchev–Trinajstić information content (AvgIpc) is 2.90. The van der Waals surface area contributed by atoms with Crippen molar-refractivity contribution in [2.75, 3.05) is 33.4 Å². The van der Waals surface area contributed by atoms with Crippen LogP contribution < -0.4 is 19.5 Å². The number of carbonyl (C=O) groups is 2. The first kappa shape index (κ1) is 20.1. The molecule has 2 aliphatic rings. The van der Waals surface area contributed by atoms with E-state index in [0.29, 0.717) is 49.5 Å². The molecule has 2 aliphatic heterocycles. The summed E-state index contributed by atoms with van der Waals surface area (Å²) in [5, 5.41) is 2.99. The van der Waals surface area contributed by atoms with Crippen molar-refractivity contribution >= 4 is 11.8 Å². The lowest BCUT2D eigenvalue weighted by molar-refractivity contribution is -0.136. The number of piperidine rings is 1. The minimum absolute atomic E-state index is 0.0148. The van der Waals surface area contributed by atoms with E-state index in [1.165, 1.54) is 0 Å². The van der Waals surface area contributed by atoms with Gasteiger partial charge in [0.1, 0.15) is 22.8 Å². The summed E-state index contributed by atoms with van der Waals surface area (Å²) >= 11 is 0. The number of hydrogen-bond donors (Lipinski definition) is 1. The lowest BCUT2D eigenvalue weighted by atomic mass is 9.91. The van der Waals surface area contributed by atoms with Gasteiger partial charge in [0, 0.05) is 25.9 Å². The molecule has 0 saturated carbocycles. The second-order valence-corrected chi connectivity index (χ2v) is 7.81. The molecule has 2 aromatic carbocycles. The van der Waals surface area contributed by atoms with Crippen LogP contribution in [0.4, 0.5) is 0 Å². The molecule has 1 N–H and O–H groups in total. The topological polar surface area (TPSA) is 77.1 Å². The van der Waals surface area contributed by atoms with E-state index >= 15 is 0 Å². The number of aryl methyl sites for hydroxylation is 1. The molecular weight excluding hydrogens is 384 g/mol. The number of amides is 2. The van der Waals surface area contributed by atoms with Gasteiger partial charge in [-0.2, -0.15) is 0 Å². The summed E-state index contributed by atoms with van der Waals surface area (Å²) in [4.78, 5) is 26.8. The molecule has 0 radical (unpaired) electrons.